The molecule has 0 N–H and O–H groups in total. The molecule has 0 bridgehead atoms. The van der Waals surface area contributed by atoms with Crippen molar-refractivity contribution in [3.8, 4) is 44.6 Å². The first-order valence-corrected chi connectivity index (χ1v) is 17.5. The first-order valence-electron chi connectivity index (χ1n) is 16.7. The maximum Gasteiger partial charge on any atom is 0.0702 e. The van der Waals surface area contributed by atoms with E-state index in [0.29, 0.717) is 0 Å². The molecular formula is C47H29NS. The van der Waals surface area contributed by atoms with E-state index < -0.39 is 0 Å². The van der Waals surface area contributed by atoms with Crippen molar-refractivity contribution in [2.75, 3.05) is 0 Å². The summed E-state index contributed by atoms with van der Waals surface area (Å²) in [5.74, 6) is 0. The van der Waals surface area contributed by atoms with Crippen LogP contribution < -0.4 is 0 Å². The Kier molecular flexibility index (Phi) is 6.43. The molecule has 1 nitrogen and oxygen atoms in total. The first-order chi connectivity index (χ1) is 24.3. The van der Waals surface area contributed by atoms with E-state index in [1.54, 1.807) is 0 Å². The molecule has 8 aromatic carbocycles. The van der Waals surface area contributed by atoms with Crippen molar-refractivity contribution >= 4 is 63.8 Å². The molecular weight excluding hydrogens is 611 g/mol. The lowest BCUT2D eigenvalue weighted by molar-refractivity contribution is 1.33. The summed E-state index contributed by atoms with van der Waals surface area (Å²) in [6.45, 7) is 0. The van der Waals surface area contributed by atoms with Gasteiger partial charge in [0.25, 0.3) is 0 Å². The lowest BCUT2D eigenvalue weighted by atomic mass is 9.86. The topological polar surface area (TPSA) is 12.9 Å². The molecule has 0 spiro atoms. The standard InChI is InChI=1S/C47H29NS/c1-2-11-33(12-3-1)45-37-14-6-8-16-39(37)46(40-17-9-7-15-38(40)45)35-22-25-42(48-29-35)32-20-18-30(19-21-32)34-24-26-43-41(28-34)47-36-13-5-4-10-31(36)23-27-44(47)49-43/h1-29H. The van der Waals surface area contributed by atoms with Gasteiger partial charge in [0.05, 0.1) is 5.69 Å². The zero-order valence-corrected chi connectivity index (χ0v) is 27.4. The fourth-order valence-corrected chi connectivity index (χ4v) is 8.73. The van der Waals surface area contributed by atoms with Gasteiger partial charge < -0.3 is 0 Å². The smallest absolute Gasteiger partial charge is 0.0702 e. The highest BCUT2D eigenvalue weighted by Crippen LogP contribution is 2.44. The molecule has 10 aromatic rings. The van der Waals surface area contributed by atoms with Gasteiger partial charge in [-0.2, -0.15) is 0 Å². The van der Waals surface area contributed by atoms with Gasteiger partial charge >= 0.3 is 0 Å². The van der Waals surface area contributed by atoms with Crippen LogP contribution in [0.5, 0.6) is 0 Å². The number of pyridine rings is 1. The van der Waals surface area contributed by atoms with Gasteiger partial charge in [0, 0.05) is 37.5 Å². The highest BCUT2D eigenvalue weighted by molar-refractivity contribution is 7.26. The van der Waals surface area contributed by atoms with Crippen LogP contribution in [-0.2, 0) is 0 Å². The molecule has 0 fully saturated rings. The maximum atomic E-state index is 5.02. The van der Waals surface area contributed by atoms with E-state index in [0.717, 1.165) is 16.8 Å². The van der Waals surface area contributed by atoms with E-state index in [-0.39, 0.29) is 0 Å². The lowest BCUT2D eigenvalue weighted by Crippen LogP contribution is -1.92. The molecule has 0 amide bonds. The summed E-state index contributed by atoms with van der Waals surface area (Å²) in [5.41, 5.74) is 9.37. The van der Waals surface area contributed by atoms with Crippen LogP contribution in [-0.4, -0.2) is 4.98 Å². The molecule has 0 unspecified atom stereocenters. The lowest BCUT2D eigenvalue weighted by Gasteiger charge is -2.17. The third-order valence-corrected chi connectivity index (χ3v) is 11.1. The molecule has 0 saturated carbocycles. The van der Waals surface area contributed by atoms with Crippen LogP contribution >= 0.6 is 11.3 Å². The minimum Gasteiger partial charge on any atom is -0.256 e. The minimum absolute atomic E-state index is 0.968. The second-order valence-electron chi connectivity index (χ2n) is 12.7. The predicted molar refractivity (Wildman–Crippen MR) is 211 cm³/mol. The number of fused-ring (bicyclic) bond motifs is 7. The molecule has 2 aromatic heterocycles. The van der Waals surface area contributed by atoms with E-state index >= 15 is 0 Å². The highest BCUT2D eigenvalue weighted by atomic mass is 32.1. The molecule has 228 valence electrons. The van der Waals surface area contributed by atoms with Crippen LogP contribution in [0.1, 0.15) is 0 Å². The number of nitrogens with zero attached hydrogens (tertiary/aromatic N) is 1. The van der Waals surface area contributed by atoms with Gasteiger partial charge in [0.15, 0.2) is 0 Å². The zero-order chi connectivity index (χ0) is 32.3. The third kappa shape index (κ3) is 4.57. The van der Waals surface area contributed by atoms with Gasteiger partial charge in [-0.05, 0) is 84.4 Å². The van der Waals surface area contributed by atoms with Crippen LogP contribution in [0.25, 0.3) is 97.1 Å². The average molecular weight is 640 g/mol. The first kappa shape index (κ1) is 28.0. The number of thiophene rings is 1. The summed E-state index contributed by atoms with van der Waals surface area (Å²) in [5, 5.41) is 10.3. The summed E-state index contributed by atoms with van der Waals surface area (Å²) in [4.78, 5) is 5.02. The molecule has 49 heavy (non-hydrogen) atoms. The SMILES string of the molecule is c1ccc(-c2c3ccccc3c(-c3ccc(-c4ccc(-c5ccc6sc7ccc8ccccc8c7c6c5)cc4)nc3)c3ccccc23)cc1. The molecule has 0 atom stereocenters. The van der Waals surface area contributed by atoms with Crippen molar-refractivity contribution in [1.29, 1.82) is 0 Å². The monoisotopic (exact) mass is 639 g/mol. The van der Waals surface area contributed by atoms with Gasteiger partial charge in [-0.15, -0.1) is 11.3 Å². The van der Waals surface area contributed by atoms with Crippen molar-refractivity contribution in [1.82, 2.24) is 4.98 Å². The van der Waals surface area contributed by atoms with Crippen molar-refractivity contribution in [2.24, 2.45) is 0 Å². The quantitative estimate of drug-likeness (QED) is 0.175. The Morgan fingerprint density at radius 2 is 0.898 bits per heavy atom. The normalized spacial score (nSPS) is 11.7. The number of rotatable bonds is 4. The van der Waals surface area contributed by atoms with Crippen LogP contribution in [0.15, 0.2) is 176 Å². The summed E-state index contributed by atoms with van der Waals surface area (Å²) in [6, 6.07) is 61.6. The molecule has 2 heteroatoms. The van der Waals surface area contributed by atoms with E-state index in [2.05, 4.69) is 170 Å². The number of hydrogen-bond donors (Lipinski definition) is 0. The fraction of sp³-hybridized carbons (Fsp3) is 0. The van der Waals surface area contributed by atoms with Crippen LogP contribution in [0.2, 0.25) is 0 Å². The second kappa shape index (κ2) is 11.3. The van der Waals surface area contributed by atoms with Crippen molar-refractivity contribution in [3.63, 3.8) is 0 Å². The zero-order valence-electron chi connectivity index (χ0n) is 26.6. The van der Waals surface area contributed by atoms with E-state index in [1.165, 1.54) is 80.3 Å². The van der Waals surface area contributed by atoms with Gasteiger partial charge in [-0.3, -0.25) is 4.98 Å². The Bertz CT molecular complexity index is 2790. The number of hydrogen-bond acceptors (Lipinski definition) is 2. The Labute approximate surface area is 288 Å². The van der Waals surface area contributed by atoms with Crippen LogP contribution in [0, 0.1) is 0 Å². The van der Waals surface area contributed by atoms with Gasteiger partial charge in [0.2, 0.25) is 0 Å². The average Bonchev–Trinajstić information content (AvgIpc) is 3.56. The maximum absolute atomic E-state index is 5.02. The Hall–Kier alpha value is -6.09. The Morgan fingerprint density at radius 1 is 0.347 bits per heavy atom. The van der Waals surface area contributed by atoms with E-state index in [4.69, 9.17) is 4.98 Å². The molecule has 10 rings (SSSR count). The van der Waals surface area contributed by atoms with Crippen LogP contribution in [0.4, 0.5) is 0 Å². The van der Waals surface area contributed by atoms with Crippen molar-refractivity contribution in [3.05, 3.63) is 176 Å². The van der Waals surface area contributed by atoms with Crippen molar-refractivity contribution < 1.29 is 0 Å². The fourth-order valence-electron chi connectivity index (χ4n) is 7.63. The van der Waals surface area contributed by atoms with Crippen LogP contribution in [0.3, 0.4) is 0 Å². The van der Waals surface area contributed by atoms with Gasteiger partial charge in [0.1, 0.15) is 0 Å². The van der Waals surface area contributed by atoms with E-state index in [1.807, 2.05) is 17.5 Å². The molecule has 0 aliphatic carbocycles. The highest BCUT2D eigenvalue weighted by Gasteiger charge is 2.17. The summed E-state index contributed by atoms with van der Waals surface area (Å²) in [7, 11) is 0. The largest absolute Gasteiger partial charge is 0.256 e. The third-order valence-electron chi connectivity index (χ3n) is 9.92. The van der Waals surface area contributed by atoms with E-state index in [9.17, 15) is 0 Å². The van der Waals surface area contributed by atoms with Crippen molar-refractivity contribution in [2.45, 2.75) is 0 Å². The molecule has 0 aliphatic heterocycles. The number of benzene rings is 8. The summed E-state index contributed by atoms with van der Waals surface area (Å²) in [6.07, 6.45) is 2.04. The molecule has 0 radical (unpaired) electrons. The molecule has 0 aliphatic rings. The molecule has 2 heterocycles. The Balaban J connectivity index is 1.03. The minimum atomic E-state index is 0.968. The van der Waals surface area contributed by atoms with Gasteiger partial charge in [-0.1, -0.05) is 146 Å². The Morgan fingerprint density at radius 3 is 1.57 bits per heavy atom. The summed E-state index contributed by atoms with van der Waals surface area (Å²) >= 11 is 1.87. The molecule has 0 saturated heterocycles. The van der Waals surface area contributed by atoms with Gasteiger partial charge in [-0.25, -0.2) is 0 Å². The second-order valence-corrected chi connectivity index (χ2v) is 13.8. The number of aromatic nitrogens is 1. The predicted octanol–water partition coefficient (Wildman–Crippen LogP) is 13.6. The summed E-state index contributed by atoms with van der Waals surface area (Å²) < 4.78 is 2.66.